The monoisotopic (exact) mass is 440 g/mol. The Morgan fingerprint density at radius 3 is 2.41 bits per heavy atom. The Balaban J connectivity index is 0.00000210. The topological polar surface area (TPSA) is 102 Å². The molecule has 2 unspecified atom stereocenters. The number of nitrogens with two attached hydrogens (primary N) is 2. The molecule has 2 aromatic carbocycles. The number of amides is 1. The summed E-state index contributed by atoms with van der Waals surface area (Å²) in [5.41, 5.74) is 15.4. The van der Waals surface area contributed by atoms with Crippen LogP contribution in [0.3, 0.4) is 0 Å². The van der Waals surface area contributed by atoms with Crippen molar-refractivity contribution < 1.29 is 9.53 Å². The first-order chi connectivity index (χ1) is 13.2. The Bertz CT molecular complexity index is 762. The number of halogens is 2. The molecule has 0 bridgehead atoms. The molecule has 160 valence electrons. The van der Waals surface area contributed by atoms with Crippen molar-refractivity contribution in [1.82, 2.24) is 0 Å². The third-order valence-electron chi connectivity index (χ3n) is 4.93. The average molecular weight is 441 g/mol. The van der Waals surface area contributed by atoms with Crippen LogP contribution in [0.1, 0.15) is 36.8 Å². The second kappa shape index (κ2) is 12.5. The summed E-state index contributed by atoms with van der Waals surface area (Å²) < 4.78 is 5.34. The van der Waals surface area contributed by atoms with E-state index in [0.717, 1.165) is 36.1 Å². The van der Waals surface area contributed by atoms with Crippen LogP contribution in [-0.2, 0) is 17.9 Å². The van der Waals surface area contributed by atoms with E-state index in [1.165, 1.54) is 6.42 Å². The fraction of sp³-hybridized carbons (Fsp3) is 0.381. The standard InChI is InChI=1S/C21H28N4O2.2ClH/c22-13-16-10-11-19(24-18-9-5-4-8-17(18)23)20(12-16)25-21(26)27-14-15-6-2-1-3-7-15;;/h1-3,6-7,10-12,17-18,24H,4-5,8-9,13-14,22-23H2,(H,25,26);2*1H. The number of ether oxygens (including phenoxy) is 1. The summed E-state index contributed by atoms with van der Waals surface area (Å²) >= 11 is 0. The van der Waals surface area contributed by atoms with Gasteiger partial charge in [-0.15, -0.1) is 24.8 Å². The van der Waals surface area contributed by atoms with Crippen molar-refractivity contribution in [2.24, 2.45) is 11.5 Å². The predicted molar refractivity (Wildman–Crippen MR) is 123 cm³/mol. The summed E-state index contributed by atoms with van der Waals surface area (Å²) in [4.78, 5) is 12.3. The van der Waals surface area contributed by atoms with Crippen LogP contribution < -0.4 is 22.1 Å². The molecule has 1 saturated carbocycles. The van der Waals surface area contributed by atoms with Crippen LogP contribution in [0, 0.1) is 0 Å². The summed E-state index contributed by atoms with van der Waals surface area (Å²) in [6.45, 7) is 0.622. The van der Waals surface area contributed by atoms with E-state index < -0.39 is 6.09 Å². The van der Waals surface area contributed by atoms with Gasteiger partial charge in [0.05, 0.1) is 11.4 Å². The third-order valence-corrected chi connectivity index (χ3v) is 4.93. The first kappa shape index (κ1) is 25.0. The van der Waals surface area contributed by atoms with Gasteiger partial charge in [0.15, 0.2) is 0 Å². The molecule has 0 saturated heterocycles. The van der Waals surface area contributed by atoms with E-state index in [9.17, 15) is 4.79 Å². The molecule has 1 aliphatic rings. The molecule has 0 aromatic heterocycles. The number of hydrogen-bond acceptors (Lipinski definition) is 5. The van der Waals surface area contributed by atoms with Gasteiger partial charge in [-0.05, 0) is 36.1 Å². The number of rotatable bonds is 6. The summed E-state index contributed by atoms with van der Waals surface area (Å²) in [6.07, 6.45) is 3.87. The molecule has 3 rings (SSSR count). The van der Waals surface area contributed by atoms with Gasteiger partial charge in [0.1, 0.15) is 6.61 Å². The van der Waals surface area contributed by atoms with Crippen molar-refractivity contribution in [3.63, 3.8) is 0 Å². The summed E-state index contributed by atoms with van der Waals surface area (Å²) in [5.74, 6) is 0. The predicted octanol–water partition coefficient (Wildman–Crippen LogP) is 4.42. The van der Waals surface area contributed by atoms with E-state index in [4.69, 9.17) is 16.2 Å². The third kappa shape index (κ3) is 7.40. The van der Waals surface area contributed by atoms with Gasteiger partial charge < -0.3 is 21.5 Å². The van der Waals surface area contributed by atoms with Gasteiger partial charge in [-0.1, -0.05) is 49.2 Å². The molecule has 1 amide bonds. The zero-order chi connectivity index (χ0) is 19.1. The van der Waals surface area contributed by atoms with E-state index in [1.807, 2.05) is 48.5 Å². The molecule has 8 heteroatoms. The first-order valence-electron chi connectivity index (χ1n) is 9.48. The highest BCUT2D eigenvalue weighted by Crippen LogP contribution is 2.28. The molecule has 0 heterocycles. The van der Waals surface area contributed by atoms with Crippen molar-refractivity contribution in [1.29, 1.82) is 0 Å². The van der Waals surface area contributed by atoms with Gasteiger partial charge in [0.2, 0.25) is 0 Å². The quantitative estimate of drug-likeness (QED) is 0.532. The van der Waals surface area contributed by atoms with E-state index in [1.54, 1.807) is 0 Å². The van der Waals surface area contributed by atoms with Crippen LogP contribution >= 0.6 is 24.8 Å². The van der Waals surface area contributed by atoms with Crippen LogP contribution in [0.4, 0.5) is 16.2 Å². The first-order valence-corrected chi connectivity index (χ1v) is 9.48. The molecular formula is C21H30Cl2N4O2. The van der Waals surface area contributed by atoms with Crippen LogP contribution in [0.25, 0.3) is 0 Å². The number of anilines is 2. The van der Waals surface area contributed by atoms with Gasteiger partial charge in [0.25, 0.3) is 0 Å². The molecular weight excluding hydrogens is 411 g/mol. The van der Waals surface area contributed by atoms with E-state index in [2.05, 4.69) is 10.6 Å². The SMILES string of the molecule is Cl.Cl.NCc1ccc(NC2CCCCC2N)c(NC(=O)OCc2ccccc2)c1. The lowest BCUT2D eigenvalue weighted by Crippen LogP contribution is -2.42. The number of carbonyl (C=O) groups is 1. The highest BCUT2D eigenvalue weighted by molar-refractivity contribution is 5.89. The van der Waals surface area contributed by atoms with Gasteiger partial charge in [-0.2, -0.15) is 0 Å². The Morgan fingerprint density at radius 1 is 1.00 bits per heavy atom. The van der Waals surface area contributed by atoms with E-state index >= 15 is 0 Å². The van der Waals surface area contributed by atoms with Crippen molar-refractivity contribution in [2.75, 3.05) is 10.6 Å². The van der Waals surface area contributed by atoms with E-state index in [0.29, 0.717) is 12.2 Å². The average Bonchev–Trinajstić information content (AvgIpc) is 2.70. The molecule has 1 fully saturated rings. The van der Waals surface area contributed by atoms with Gasteiger partial charge in [-0.25, -0.2) is 4.79 Å². The minimum atomic E-state index is -0.496. The molecule has 2 atom stereocenters. The Labute approximate surface area is 184 Å². The maximum Gasteiger partial charge on any atom is 0.412 e. The number of nitrogens with one attached hydrogen (secondary N) is 2. The smallest absolute Gasteiger partial charge is 0.412 e. The highest BCUT2D eigenvalue weighted by atomic mass is 35.5. The number of hydrogen-bond donors (Lipinski definition) is 4. The summed E-state index contributed by atoms with van der Waals surface area (Å²) in [5, 5.41) is 6.33. The van der Waals surface area contributed by atoms with Crippen molar-refractivity contribution in [3.8, 4) is 0 Å². The molecule has 6 N–H and O–H groups in total. The minimum Gasteiger partial charge on any atom is -0.444 e. The van der Waals surface area contributed by atoms with Crippen molar-refractivity contribution in [3.05, 3.63) is 59.7 Å². The fourth-order valence-electron chi connectivity index (χ4n) is 3.36. The maximum absolute atomic E-state index is 12.3. The van der Waals surface area contributed by atoms with Crippen LogP contribution in [0.2, 0.25) is 0 Å². The van der Waals surface area contributed by atoms with Crippen molar-refractivity contribution >= 4 is 42.3 Å². The van der Waals surface area contributed by atoms with Crippen LogP contribution in [0.15, 0.2) is 48.5 Å². The number of carbonyl (C=O) groups excluding carboxylic acids is 1. The molecule has 29 heavy (non-hydrogen) atoms. The van der Waals surface area contributed by atoms with Gasteiger partial charge in [0, 0.05) is 18.6 Å². The second-order valence-corrected chi connectivity index (χ2v) is 6.97. The van der Waals surface area contributed by atoms with Gasteiger partial charge in [-0.3, -0.25) is 5.32 Å². The Hall–Kier alpha value is -1.99. The maximum atomic E-state index is 12.3. The van der Waals surface area contributed by atoms with Crippen LogP contribution in [-0.4, -0.2) is 18.2 Å². The zero-order valence-electron chi connectivity index (χ0n) is 16.3. The Morgan fingerprint density at radius 2 is 1.72 bits per heavy atom. The summed E-state index contributed by atoms with van der Waals surface area (Å²) in [7, 11) is 0. The molecule has 0 aliphatic heterocycles. The number of benzene rings is 2. The molecule has 0 spiro atoms. The molecule has 1 aliphatic carbocycles. The van der Waals surface area contributed by atoms with Gasteiger partial charge >= 0.3 is 6.09 Å². The van der Waals surface area contributed by atoms with Crippen molar-refractivity contribution in [2.45, 2.75) is 50.9 Å². The minimum absolute atomic E-state index is 0. The molecule has 6 nitrogen and oxygen atoms in total. The second-order valence-electron chi connectivity index (χ2n) is 6.97. The molecule has 2 aromatic rings. The lowest BCUT2D eigenvalue weighted by Gasteiger charge is -2.31. The largest absolute Gasteiger partial charge is 0.444 e. The molecule has 0 radical (unpaired) electrons. The lowest BCUT2D eigenvalue weighted by molar-refractivity contribution is 0.155. The lowest BCUT2D eigenvalue weighted by atomic mass is 9.91. The van der Waals surface area contributed by atoms with Crippen LogP contribution in [0.5, 0.6) is 0 Å². The normalized spacial score (nSPS) is 18.0. The highest BCUT2D eigenvalue weighted by Gasteiger charge is 2.22. The van der Waals surface area contributed by atoms with E-state index in [-0.39, 0.29) is 43.5 Å². The Kier molecular flexibility index (Phi) is 10.8. The fourth-order valence-corrected chi connectivity index (χ4v) is 3.36. The zero-order valence-corrected chi connectivity index (χ0v) is 17.9. The summed E-state index contributed by atoms with van der Waals surface area (Å²) in [6, 6.07) is 15.7.